The van der Waals surface area contributed by atoms with Crippen molar-refractivity contribution in [1.82, 2.24) is 4.98 Å². The lowest BCUT2D eigenvalue weighted by molar-refractivity contribution is -0.117. The second-order valence-corrected chi connectivity index (χ2v) is 11.1. The minimum atomic E-state index is -1.33. The summed E-state index contributed by atoms with van der Waals surface area (Å²) in [6.07, 6.45) is 3.03. The molecule has 2 unspecified atom stereocenters. The highest BCUT2D eigenvalue weighted by Crippen LogP contribution is 2.65. The number of hydrogen-bond acceptors (Lipinski definition) is 4. The smallest absolute Gasteiger partial charge is 0.257 e. The third kappa shape index (κ3) is 5.44. The molecule has 6 nitrogen and oxygen atoms in total. The normalized spacial score (nSPS) is 17.8. The monoisotopic (exact) mass is 593 g/mol. The van der Waals surface area contributed by atoms with E-state index < -0.39 is 28.0 Å². The van der Waals surface area contributed by atoms with Crippen molar-refractivity contribution in [3.63, 3.8) is 0 Å². The first-order valence-corrected chi connectivity index (χ1v) is 12.8. The average Bonchev–Trinajstić information content (AvgIpc) is 3.16. The number of benzene rings is 3. The van der Waals surface area contributed by atoms with Crippen LogP contribution in [0, 0.1) is 5.92 Å². The highest BCUT2D eigenvalue weighted by molar-refractivity contribution is 6.53. The van der Waals surface area contributed by atoms with Gasteiger partial charge in [-0.05, 0) is 66.2 Å². The molecular formula is C26H16Cl5N3O3. The van der Waals surface area contributed by atoms with Crippen LogP contribution in [0.5, 0.6) is 0 Å². The predicted molar refractivity (Wildman–Crippen MR) is 147 cm³/mol. The van der Waals surface area contributed by atoms with E-state index in [1.165, 1.54) is 18.4 Å². The molecule has 5 rings (SSSR count). The molecule has 1 fully saturated rings. The Labute approximate surface area is 236 Å². The molecule has 0 saturated heterocycles. The highest BCUT2D eigenvalue weighted by atomic mass is 35.5. The molecule has 1 aliphatic carbocycles. The molecular weight excluding hydrogens is 580 g/mol. The van der Waals surface area contributed by atoms with E-state index in [4.69, 9.17) is 62.4 Å². The first-order chi connectivity index (χ1) is 17.6. The number of alkyl halides is 2. The minimum absolute atomic E-state index is 0.174. The molecule has 0 bridgehead atoms. The zero-order valence-corrected chi connectivity index (χ0v) is 22.4. The van der Waals surface area contributed by atoms with E-state index in [2.05, 4.69) is 15.6 Å². The van der Waals surface area contributed by atoms with Crippen LogP contribution in [0.25, 0.3) is 11.5 Å². The van der Waals surface area contributed by atoms with Crippen LogP contribution in [-0.2, 0) is 4.79 Å². The van der Waals surface area contributed by atoms with Crippen molar-refractivity contribution in [3.05, 3.63) is 99.3 Å². The lowest BCUT2D eigenvalue weighted by atomic mass is 10.1. The van der Waals surface area contributed by atoms with Gasteiger partial charge in [0.15, 0.2) is 0 Å². The van der Waals surface area contributed by atoms with Gasteiger partial charge in [-0.1, -0.05) is 34.8 Å². The summed E-state index contributed by atoms with van der Waals surface area (Å²) in [7, 11) is 0. The van der Waals surface area contributed by atoms with E-state index in [0.29, 0.717) is 32.9 Å². The Morgan fingerprint density at radius 3 is 2.19 bits per heavy atom. The number of oxazole rings is 1. The standard InChI is InChI=1S/C26H16Cl5N3O3/c27-15-9-14(10-16(28)11-15)21-22(26(21,30)31)24(36)34-18-5-6-20(29)19(12-18)23(35)33-17-3-1-13(2-4-17)25-32-7-8-37-25/h1-12,21-22H,(H,33,35)(H,34,36). The molecule has 0 radical (unpaired) electrons. The zero-order chi connectivity index (χ0) is 26.3. The van der Waals surface area contributed by atoms with Gasteiger partial charge >= 0.3 is 0 Å². The van der Waals surface area contributed by atoms with Gasteiger partial charge in [0.1, 0.15) is 10.6 Å². The topological polar surface area (TPSA) is 84.2 Å². The Balaban J connectivity index is 1.29. The molecule has 2 atom stereocenters. The Hall–Kier alpha value is -2.74. The summed E-state index contributed by atoms with van der Waals surface area (Å²) >= 11 is 31.3. The van der Waals surface area contributed by atoms with Gasteiger partial charge in [-0.2, -0.15) is 0 Å². The van der Waals surface area contributed by atoms with E-state index in [-0.39, 0.29) is 10.6 Å². The lowest BCUT2D eigenvalue weighted by Gasteiger charge is -2.11. The minimum Gasteiger partial charge on any atom is -0.445 e. The summed E-state index contributed by atoms with van der Waals surface area (Å²) in [4.78, 5) is 30.1. The first-order valence-electron chi connectivity index (χ1n) is 10.9. The van der Waals surface area contributed by atoms with Crippen molar-refractivity contribution in [2.24, 2.45) is 5.92 Å². The summed E-state index contributed by atoms with van der Waals surface area (Å²) < 4.78 is 3.94. The largest absolute Gasteiger partial charge is 0.445 e. The van der Waals surface area contributed by atoms with Crippen LogP contribution in [0.2, 0.25) is 15.1 Å². The Kier molecular flexibility index (Phi) is 7.14. The number of halogens is 5. The quantitative estimate of drug-likeness (QED) is 0.221. The van der Waals surface area contributed by atoms with Crippen molar-refractivity contribution >= 4 is 81.2 Å². The summed E-state index contributed by atoms with van der Waals surface area (Å²) in [6, 6.07) is 16.5. The van der Waals surface area contributed by atoms with Crippen LogP contribution in [0.4, 0.5) is 11.4 Å². The summed E-state index contributed by atoms with van der Waals surface area (Å²) in [5, 5.41) is 6.60. The summed E-state index contributed by atoms with van der Waals surface area (Å²) in [5.41, 5.74) is 2.50. The van der Waals surface area contributed by atoms with Crippen molar-refractivity contribution in [2.75, 3.05) is 10.6 Å². The fraction of sp³-hybridized carbons (Fsp3) is 0.115. The van der Waals surface area contributed by atoms with Crippen LogP contribution in [0.1, 0.15) is 21.8 Å². The number of amides is 2. The van der Waals surface area contributed by atoms with Crippen molar-refractivity contribution in [2.45, 2.75) is 10.3 Å². The Morgan fingerprint density at radius 2 is 1.54 bits per heavy atom. The maximum atomic E-state index is 13.0. The number of aromatic nitrogens is 1. The molecule has 2 N–H and O–H groups in total. The number of carbonyl (C=O) groups is 2. The summed E-state index contributed by atoms with van der Waals surface area (Å²) in [6.45, 7) is 0. The van der Waals surface area contributed by atoms with Gasteiger partial charge in [-0.25, -0.2) is 4.98 Å². The molecule has 1 heterocycles. The van der Waals surface area contributed by atoms with Gasteiger partial charge in [0.2, 0.25) is 11.8 Å². The van der Waals surface area contributed by atoms with Gasteiger partial charge in [0.25, 0.3) is 5.91 Å². The van der Waals surface area contributed by atoms with E-state index in [1.54, 1.807) is 54.7 Å². The van der Waals surface area contributed by atoms with Crippen LogP contribution < -0.4 is 10.6 Å². The molecule has 0 aliphatic heterocycles. The van der Waals surface area contributed by atoms with Gasteiger partial charge in [-0.15, -0.1) is 23.2 Å². The number of hydrogen-bond donors (Lipinski definition) is 2. The maximum Gasteiger partial charge on any atom is 0.257 e. The van der Waals surface area contributed by atoms with Crippen LogP contribution in [0.3, 0.4) is 0 Å². The zero-order valence-electron chi connectivity index (χ0n) is 18.6. The average molecular weight is 596 g/mol. The third-order valence-electron chi connectivity index (χ3n) is 5.88. The van der Waals surface area contributed by atoms with Crippen molar-refractivity contribution in [1.29, 1.82) is 0 Å². The molecule has 2 amide bonds. The Morgan fingerprint density at radius 1 is 0.865 bits per heavy atom. The van der Waals surface area contributed by atoms with E-state index in [9.17, 15) is 9.59 Å². The van der Waals surface area contributed by atoms with Gasteiger partial charge in [-0.3, -0.25) is 9.59 Å². The van der Waals surface area contributed by atoms with Gasteiger partial charge in [0.05, 0.1) is 22.7 Å². The number of nitrogens with one attached hydrogen (secondary N) is 2. The summed E-state index contributed by atoms with van der Waals surface area (Å²) in [5.74, 6) is -1.64. The second-order valence-electron chi connectivity index (χ2n) is 8.39. The highest BCUT2D eigenvalue weighted by Gasteiger charge is 2.67. The molecule has 37 heavy (non-hydrogen) atoms. The van der Waals surface area contributed by atoms with E-state index in [0.717, 1.165) is 5.56 Å². The van der Waals surface area contributed by atoms with Gasteiger partial charge in [0, 0.05) is 32.9 Å². The van der Waals surface area contributed by atoms with Crippen molar-refractivity contribution in [3.8, 4) is 11.5 Å². The van der Waals surface area contributed by atoms with Crippen LogP contribution in [-0.4, -0.2) is 21.1 Å². The molecule has 3 aromatic carbocycles. The second kappa shape index (κ2) is 10.2. The maximum absolute atomic E-state index is 13.0. The number of anilines is 2. The molecule has 11 heteroatoms. The predicted octanol–water partition coefficient (Wildman–Crippen LogP) is 8.08. The number of carbonyl (C=O) groups excluding carboxylic acids is 2. The molecule has 1 saturated carbocycles. The van der Waals surface area contributed by atoms with Crippen LogP contribution >= 0.6 is 58.0 Å². The number of rotatable bonds is 6. The van der Waals surface area contributed by atoms with E-state index >= 15 is 0 Å². The molecule has 0 spiro atoms. The SMILES string of the molecule is O=C(Nc1ccc(-c2ncco2)cc1)c1cc(NC(=O)C2C(c3cc(Cl)cc(Cl)c3)C2(Cl)Cl)ccc1Cl. The molecule has 1 aromatic heterocycles. The van der Waals surface area contributed by atoms with Crippen LogP contribution in [0.15, 0.2) is 77.5 Å². The van der Waals surface area contributed by atoms with Gasteiger partial charge < -0.3 is 15.1 Å². The third-order valence-corrected chi connectivity index (χ3v) is 7.59. The molecule has 1 aliphatic rings. The molecule has 188 valence electrons. The van der Waals surface area contributed by atoms with Crippen molar-refractivity contribution < 1.29 is 14.0 Å². The fourth-order valence-electron chi connectivity index (χ4n) is 4.08. The van der Waals surface area contributed by atoms with E-state index in [1.807, 2.05) is 0 Å². The number of nitrogens with zero attached hydrogens (tertiary/aromatic N) is 1. The lowest BCUT2D eigenvalue weighted by Crippen LogP contribution is -2.18. The molecule has 4 aromatic rings. The first kappa shape index (κ1) is 25.9. The Bertz CT molecular complexity index is 1470. The fourth-order valence-corrected chi connectivity index (χ4v) is 5.65.